The van der Waals surface area contributed by atoms with Gasteiger partial charge in [0.1, 0.15) is 0 Å². The molecule has 0 aromatic rings. The van der Waals surface area contributed by atoms with Crippen molar-refractivity contribution < 1.29 is 10.2 Å². The molecular formula is C13H24O2. The predicted octanol–water partition coefficient (Wildman–Crippen LogP) is 2.33. The molecule has 0 spiro atoms. The molecule has 2 nitrogen and oxygen atoms in total. The lowest BCUT2D eigenvalue weighted by Gasteiger charge is -2.57. The van der Waals surface area contributed by atoms with Crippen LogP contribution in [-0.2, 0) is 0 Å². The minimum Gasteiger partial charge on any atom is -0.390 e. The number of hydrogen-bond donors (Lipinski definition) is 2. The molecule has 0 amide bonds. The molecule has 2 heteroatoms. The van der Waals surface area contributed by atoms with Gasteiger partial charge < -0.3 is 10.2 Å². The number of aliphatic hydroxyl groups is 2. The lowest BCUT2D eigenvalue weighted by molar-refractivity contribution is -0.171. The van der Waals surface area contributed by atoms with Crippen LogP contribution in [0.3, 0.4) is 0 Å². The summed E-state index contributed by atoms with van der Waals surface area (Å²) in [7, 11) is 0. The molecule has 88 valence electrons. The van der Waals surface area contributed by atoms with Gasteiger partial charge in [0, 0.05) is 0 Å². The van der Waals surface area contributed by atoms with E-state index in [2.05, 4.69) is 20.8 Å². The molecule has 4 atom stereocenters. The summed E-state index contributed by atoms with van der Waals surface area (Å²) in [4.78, 5) is 0. The van der Waals surface area contributed by atoms with Gasteiger partial charge in [0.2, 0.25) is 0 Å². The Bertz CT molecular complexity index is 244. The highest BCUT2D eigenvalue weighted by Crippen LogP contribution is 2.57. The lowest BCUT2D eigenvalue weighted by atomic mass is 9.50. The van der Waals surface area contributed by atoms with E-state index in [1.165, 1.54) is 25.7 Å². The van der Waals surface area contributed by atoms with Crippen molar-refractivity contribution in [2.75, 3.05) is 0 Å². The fraction of sp³-hybridized carbons (Fsp3) is 1.00. The van der Waals surface area contributed by atoms with Gasteiger partial charge in [-0.1, -0.05) is 33.6 Å². The van der Waals surface area contributed by atoms with Crippen LogP contribution in [-0.4, -0.2) is 22.4 Å². The van der Waals surface area contributed by atoms with Gasteiger partial charge >= 0.3 is 0 Å². The molecule has 2 fully saturated rings. The van der Waals surface area contributed by atoms with Crippen LogP contribution in [0.5, 0.6) is 0 Å². The summed E-state index contributed by atoms with van der Waals surface area (Å²) in [5.41, 5.74) is 0.118. The molecule has 2 aliphatic rings. The lowest BCUT2D eigenvalue weighted by Crippen LogP contribution is -2.57. The Hall–Kier alpha value is -0.0800. The summed E-state index contributed by atoms with van der Waals surface area (Å²) in [6.07, 6.45) is 4.70. The van der Waals surface area contributed by atoms with Gasteiger partial charge in [-0.25, -0.2) is 0 Å². The molecule has 0 aromatic carbocycles. The van der Waals surface area contributed by atoms with Crippen molar-refractivity contribution >= 4 is 0 Å². The fourth-order valence-electron chi connectivity index (χ4n) is 4.21. The van der Waals surface area contributed by atoms with Crippen molar-refractivity contribution in [2.24, 2.45) is 16.7 Å². The molecule has 0 saturated heterocycles. The normalized spacial score (nSPS) is 49.8. The minimum atomic E-state index is -0.548. The van der Waals surface area contributed by atoms with Crippen molar-refractivity contribution in [1.29, 1.82) is 0 Å². The van der Waals surface area contributed by atoms with Gasteiger partial charge in [-0.3, -0.25) is 0 Å². The van der Waals surface area contributed by atoms with Gasteiger partial charge in [-0.15, -0.1) is 0 Å². The molecule has 0 unspecified atom stereocenters. The van der Waals surface area contributed by atoms with Crippen molar-refractivity contribution in [1.82, 2.24) is 0 Å². The summed E-state index contributed by atoms with van der Waals surface area (Å²) >= 11 is 0. The van der Waals surface area contributed by atoms with Crippen molar-refractivity contribution in [3.05, 3.63) is 0 Å². The zero-order valence-corrected chi connectivity index (χ0v) is 10.2. The monoisotopic (exact) mass is 212 g/mol. The van der Waals surface area contributed by atoms with Crippen molar-refractivity contribution in [3.8, 4) is 0 Å². The smallest absolute Gasteiger partial charge is 0.0852 e. The first kappa shape index (κ1) is 11.4. The van der Waals surface area contributed by atoms with Gasteiger partial charge in [0.15, 0.2) is 0 Å². The van der Waals surface area contributed by atoms with Gasteiger partial charge in [-0.2, -0.15) is 0 Å². The highest BCUT2D eigenvalue weighted by Gasteiger charge is 2.54. The number of hydrogen-bond acceptors (Lipinski definition) is 2. The van der Waals surface area contributed by atoms with Crippen LogP contribution in [0.2, 0.25) is 0 Å². The van der Waals surface area contributed by atoms with Gasteiger partial charge in [0.05, 0.1) is 12.2 Å². The Morgan fingerprint density at radius 1 is 1.07 bits per heavy atom. The van der Waals surface area contributed by atoms with E-state index >= 15 is 0 Å². The Morgan fingerprint density at radius 2 is 1.73 bits per heavy atom. The van der Waals surface area contributed by atoms with Crippen LogP contribution in [0.1, 0.15) is 52.9 Å². The second-order valence-corrected chi connectivity index (χ2v) is 6.49. The molecule has 15 heavy (non-hydrogen) atoms. The number of fused-ring (bicyclic) bond motifs is 1. The molecule has 0 bridgehead atoms. The molecule has 2 aliphatic carbocycles. The van der Waals surface area contributed by atoms with E-state index in [0.717, 1.165) is 6.42 Å². The molecule has 2 rings (SSSR count). The van der Waals surface area contributed by atoms with Gasteiger partial charge in [-0.05, 0) is 36.0 Å². The summed E-state index contributed by atoms with van der Waals surface area (Å²) in [5.74, 6) is 0.567. The van der Waals surface area contributed by atoms with Crippen LogP contribution in [0.25, 0.3) is 0 Å². The molecular weight excluding hydrogens is 188 g/mol. The van der Waals surface area contributed by atoms with Crippen LogP contribution in [0, 0.1) is 16.7 Å². The topological polar surface area (TPSA) is 40.5 Å². The fourth-order valence-corrected chi connectivity index (χ4v) is 4.21. The zero-order chi connectivity index (χ0) is 11.3. The molecule has 0 radical (unpaired) electrons. The van der Waals surface area contributed by atoms with Gasteiger partial charge in [0.25, 0.3) is 0 Å². The average molecular weight is 212 g/mol. The Labute approximate surface area is 92.7 Å². The maximum absolute atomic E-state index is 10.1. The second-order valence-electron chi connectivity index (χ2n) is 6.49. The molecule has 2 N–H and O–H groups in total. The van der Waals surface area contributed by atoms with E-state index in [0.29, 0.717) is 5.92 Å². The van der Waals surface area contributed by atoms with E-state index in [4.69, 9.17) is 0 Å². The first-order valence-corrected chi connectivity index (χ1v) is 6.24. The van der Waals surface area contributed by atoms with E-state index in [1.54, 1.807) is 0 Å². The minimum absolute atomic E-state index is 0.132. The van der Waals surface area contributed by atoms with E-state index in [9.17, 15) is 10.2 Å². The van der Waals surface area contributed by atoms with E-state index < -0.39 is 12.2 Å². The first-order valence-electron chi connectivity index (χ1n) is 6.24. The Balaban J connectivity index is 2.31. The summed E-state index contributed by atoms with van der Waals surface area (Å²) in [6.45, 7) is 6.54. The summed E-state index contributed by atoms with van der Waals surface area (Å²) in [6, 6.07) is 0. The van der Waals surface area contributed by atoms with E-state index in [-0.39, 0.29) is 10.8 Å². The van der Waals surface area contributed by atoms with E-state index in [1.807, 2.05) is 0 Å². The summed E-state index contributed by atoms with van der Waals surface area (Å²) in [5, 5.41) is 20.1. The third-order valence-electron chi connectivity index (χ3n) is 5.03. The Kier molecular flexibility index (Phi) is 2.63. The highest BCUT2D eigenvalue weighted by molar-refractivity contribution is 5.04. The largest absolute Gasteiger partial charge is 0.390 e. The van der Waals surface area contributed by atoms with Crippen LogP contribution < -0.4 is 0 Å². The second kappa shape index (κ2) is 3.46. The van der Waals surface area contributed by atoms with Crippen LogP contribution in [0.15, 0.2) is 0 Å². The maximum atomic E-state index is 10.1. The summed E-state index contributed by atoms with van der Waals surface area (Å²) < 4.78 is 0. The standard InChI is InChI=1S/C13H24O2/c1-12(2)10-6-4-5-7-13(10,3)8-9(14)11(12)15/h9-11,14-15H,4-8H2,1-3H3/t9-,10+,11-,13+/m1/s1. The zero-order valence-electron chi connectivity index (χ0n) is 10.2. The number of aliphatic hydroxyl groups excluding tert-OH is 2. The molecule has 2 saturated carbocycles. The van der Waals surface area contributed by atoms with Crippen LogP contribution in [0.4, 0.5) is 0 Å². The maximum Gasteiger partial charge on any atom is 0.0852 e. The Morgan fingerprint density at radius 3 is 2.40 bits per heavy atom. The quantitative estimate of drug-likeness (QED) is 0.647. The average Bonchev–Trinajstić information content (AvgIpc) is 2.14. The van der Waals surface area contributed by atoms with Crippen LogP contribution >= 0.6 is 0 Å². The third kappa shape index (κ3) is 1.62. The first-order chi connectivity index (χ1) is 6.88. The van der Waals surface area contributed by atoms with Crippen molar-refractivity contribution in [2.45, 2.75) is 65.1 Å². The molecule has 0 aliphatic heterocycles. The highest BCUT2D eigenvalue weighted by atomic mass is 16.3. The molecule has 0 aromatic heterocycles. The third-order valence-corrected chi connectivity index (χ3v) is 5.03. The SMILES string of the molecule is CC1(C)[C@H](O)[C@H](O)C[C@]2(C)CCCC[C@@H]12. The predicted molar refractivity (Wildman–Crippen MR) is 60.5 cm³/mol. The molecule has 0 heterocycles. The number of rotatable bonds is 0. The van der Waals surface area contributed by atoms with Crippen molar-refractivity contribution in [3.63, 3.8) is 0 Å².